The van der Waals surface area contributed by atoms with Crippen molar-refractivity contribution in [3.63, 3.8) is 0 Å². The van der Waals surface area contributed by atoms with Gasteiger partial charge in [0.2, 0.25) is 11.8 Å². The molecule has 1 aromatic carbocycles. The minimum absolute atomic E-state index is 0.215. The molecule has 0 saturated carbocycles. The fourth-order valence-corrected chi connectivity index (χ4v) is 3.31. The Morgan fingerprint density at radius 3 is 2.28 bits per heavy atom. The molecule has 1 heterocycles. The fraction of sp³-hybridized carbons (Fsp3) is 0.478. The largest absolute Gasteiger partial charge is 0.467 e. The fourth-order valence-electron chi connectivity index (χ4n) is 3.31. The van der Waals surface area contributed by atoms with Crippen molar-refractivity contribution in [1.82, 2.24) is 20.9 Å². The zero-order chi connectivity index (χ0) is 27.3. The highest BCUT2D eigenvalue weighted by atomic mass is 19.4. The minimum Gasteiger partial charge on any atom is -0.467 e. The molecule has 0 fully saturated rings. The first-order valence-electron chi connectivity index (χ1n) is 10.9. The SMILES string of the molecule is COC(=O)[C@H](Cc1c(C(F)(F)F)[nH]c2ccccc12)NC(=O)CNC(=O)[C@H](C)NC(=O)OC(C)(C)C. The van der Waals surface area contributed by atoms with E-state index in [1.54, 1.807) is 32.9 Å². The Morgan fingerprint density at radius 2 is 1.69 bits per heavy atom. The molecule has 2 rings (SSSR count). The van der Waals surface area contributed by atoms with Crippen LogP contribution in [-0.4, -0.2) is 60.2 Å². The second-order valence-corrected chi connectivity index (χ2v) is 8.96. The summed E-state index contributed by atoms with van der Waals surface area (Å²) in [6.07, 6.45) is -6.08. The average molecular weight is 515 g/mol. The standard InChI is InChI=1S/C23H29F3N4O6/c1-12(28-21(34)36-22(2,3)4)19(32)27-11-17(31)29-16(20(33)35-5)10-14-13-8-6-7-9-15(13)30-18(14)23(24,25)26/h6-9,12,16,30H,10-11H2,1-5H3,(H,27,32)(H,28,34)(H,29,31)/t12-,16-/m0/s1. The number of aromatic amines is 1. The number of carbonyl (C=O) groups is 4. The number of methoxy groups -OCH3 is 1. The molecule has 0 aliphatic heterocycles. The van der Waals surface area contributed by atoms with E-state index in [1.807, 2.05) is 0 Å². The van der Waals surface area contributed by atoms with Gasteiger partial charge in [-0.1, -0.05) is 18.2 Å². The van der Waals surface area contributed by atoms with E-state index in [0.29, 0.717) is 0 Å². The normalized spacial score (nSPS) is 13.4. The molecule has 4 N–H and O–H groups in total. The molecule has 2 atom stereocenters. The number of alkyl halides is 3. The quantitative estimate of drug-likeness (QED) is 0.399. The van der Waals surface area contributed by atoms with E-state index in [0.717, 1.165) is 7.11 Å². The van der Waals surface area contributed by atoms with Gasteiger partial charge >= 0.3 is 18.2 Å². The summed E-state index contributed by atoms with van der Waals surface area (Å²) < 4.78 is 50.6. The van der Waals surface area contributed by atoms with E-state index < -0.39 is 66.4 Å². The van der Waals surface area contributed by atoms with Crippen molar-refractivity contribution < 1.29 is 41.8 Å². The summed E-state index contributed by atoms with van der Waals surface area (Å²) in [6, 6.07) is 3.52. The number of hydrogen-bond donors (Lipinski definition) is 4. The molecule has 0 spiro atoms. The van der Waals surface area contributed by atoms with Gasteiger partial charge in [0.25, 0.3) is 0 Å². The highest BCUT2D eigenvalue weighted by Gasteiger charge is 2.38. The van der Waals surface area contributed by atoms with Crippen LogP contribution in [0.5, 0.6) is 0 Å². The number of H-pyrrole nitrogens is 1. The van der Waals surface area contributed by atoms with Gasteiger partial charge in [0.15, 0.2) is 0 Å². The van der Waals surface area contributed by atoms with E-state index in [2.05, 4.69) is 25.7 Å². The second-order valence-electron chi connectivity index (χ2n) is 8.96. The summed E-state index contributed by atoms with van der Waals surface area (Å²) in [6.45, 7) is 5.70. The van der Waals surface area contributed by atoms with Crippen molar-refractivity contribution >= 4 is 34.8 Å². The number of para-hydroxylation sites is 1. The van der Waals surface area contributed by atoms with Crippen molar-refractivity contribution in [2.24, 2.45) is 0 Å². The number of rotatable bonds is 8. The molecule has 0 unspecified atom stereocenters. The molecule has 0 radical (unpaired) electrons. The predicted octanol–water partition coefficient (Wildman–Crippen LogP) is 2.42. The lowest BCUT2D eigenvalue weighted by molar-refractivity contribution is -0.146. The van der Waals surface area contributed by atoms with Gasteiger partial charge in [-0.3, -0.25) is 9.59 Å². The number of nitrogens with one attached hydrogen (secondary N) is 4. The summed E-state index contributed by atoms with van der Waals surface area (Å²) in [4.78, 5) is 51.0. The van der Waals surface area contributed by atoms with Crippen LogP contribution in [0.1, 0.15) is 39.0 Å². The highest BCUT2D eigenvalue weighted by molar-refractivity contribution is 5.91. The average Bonchev–Trinajstić information content (AvgIpc) is 3.14. The Kier molecular flexibility index (Phi) is 8.94. The van der Waals surface area contributed by atoms with E-state index >= 15 is 0 Å². The third kappa shape index (κ3) is 7.89. The first-order valence-corrected chi connectivity index (χ1v) is 10.9. The Hall–Kier alpha value is -3.77. The number of ether oxygens (including phenoxy) is 2. The second kappa shape index (κ2) is 11.3. The van der Waals surface area contributed by atoms with Gasteiger partial charge in [0.05, 0.1) is 13.7 Å². The molecule has 13 heteroatoms. The van der Waals surface area contributed by atoms with E-state index in [-0.39, 0.29) is 16.5 Å². The Bertz CT molecular complexity index is 1120. The summed E-state index contributed by atoms with van der Waals surface area (Å²) in [5.41, 5.74) is -1.82. The molecule has 0 aliphatic rings. The van der Waals surface area contributed by atoms with Crippen molar-refractivity contribution in [2.45, 2.75) is 58.0 Å². The number of benzene rings is 1. The molecule has 1 aromatic heterocycles. The smallest absolute Gasteiger partial charge is 0.431 e. The van der Waals surface area contributed by atoms with E-state index in [9.17, 15) is 32.3 Å². The number of hydrogen-bond acceptors (Lipinski definition) is 6. The lowest BCUT2D eigenvalue weighted by Gasteiger charge is -2.22. The maximum atomic E-state index is 13.6. The number of aromatic nitrogens is 1. The van der Waals surface area contributed by atoms with Gasteiger partial charge in [-0.05, 0) is 39.3 Å². The number of carbonyl (C=O) groups excluding carboxylic acids is 4. The highest BCUT2D eigenvalue weighted by Crippen LogP contribution is 2.36. The van der Waals surface area contributed by atoms with Crippen molar-refractivity contribution in [2.75, 3.05) is 13.7 Å². The summed E-state index contributed by atoms with van der Waals surface area (Å²) in [5.74, 6) is -2.54. The first-order chi connectivity index (χ1) is 16.6. The van der Waals surface area contributed by atoms with Crippen LogP contribution in [-0.2, 0) is 36.5 Å². The Balaban J connectivity index is 2.08. The van der Waals surface area contributed by atoms with Gasteiger partial charge in [-0.15, -0.1) is 0 Å². The maximum Gasteiger partial charge on any atom is 0.431 e. The topological polar surface area (TPSA) is 139 Å². The summed E-state index contributed by atoms with van der Waals surface area (Å²) >= 11 is 0. The van der Waals surface area contributed by atoms with Crippen LogP contribution in [0.3, 0.4) is 0 Å². The molecule has 36 heavy (non-hydrogen) atoms. The van der Waals surface area contributed by atoms with Crippen molar-refractivity contribution in [3.8, 4) is 0 Å². The van der Waals surface area contributed by atoms with Gasteiger partial charge in [0, 0.05) is 17.3 Å². The van der Waals surface area contributed by atoms with E-state index in [4.69, 9.17) is 4.74 Å². The molecule has 3 amide bonds. The number of alkyl carbamates (subject to hydrolysis) is 1. The first kappa shape index (κ1) is 28.5. The lowest BCUT2D eigenvalue weighted by atomic mass is 10.0. The van der Waals surface area contributed by atoms with Crippen LogP contribution in [0.4, 0.5) is 18.0 Å². The molecule has 0 aliphatic carbocycles. The van der Waals surface area contributed by atoms with Crippen LogP contribution in [0.15, 0.2) is 24.3 Å². The molecule has 2 aromatic rings. The predicted molar refractivity (Wildman–Crippen MR) is 123 cm³/mol. The van der Waals surface area contributed by atoms with Gasteiger partial charge < -0.3 is 30.4 Å². The van der Waals surface area contributed by atoms with Crippen LogP contribution in [0, 0.1) is 0 Å². The molecular weight excluding hydrogens is 485 g/mol. The monoisotopic (exact) mass is 514 g/mol. The third-order valence-corrected chi connectivity index (χ3v) is 4.88. The summed E-state index contributed by atoms with van der Waals surface area (Å²) in [5, 5.41) is 7.12. The number of halogens is 3. The minimum atomic E-state index is -4.73. The van der Waals surface area contributed by atoms with Gasteiger partial charge in [-0.2, -0.15) is 13.2 Å². The summed E-state index contributed by atoms with van der Waals surface area (Å²) in [7, 11) is 1.03. The van der Waals surface area contributed by atoms with Gasteiger partial charge in [-0.25, -0.2) is 9.59 Å². The van der Waals surface area contributed by atoms with Crippen molar-refractivity contribution in [1.29, 1.82) is 0 Å². The third-order valence-electron chi connectivity index (χ3n) is 4.88. The van der Waals surface area contributed by atoms with Crippen LogP contribution < -0.4 is 16.0 Å². The zero-order valence-corrected chi connectivity index (χ0v) is 20.5. The Morgan fingerprint density at radius 1 is 1.06 bits per heavy atom. The van der Waals surface area contributed by atoms with Crippen LogP contribution >= 0.6 is 0 Å². The Labute approximate surface area is 205 Å². The van der Waals surface area contributed by atoms with E-state index in [1.165, 1.54) is 19.1 Å². The number of fused-ring (bicyclic) bond motifs is 1. The molecule has 198 valence electrons. The van der Waals surface area contributed by atoms with Crippen LogP contribution in [0.2, 0.25) is 0 Å². The van der Waals surface area contributed by atoms with Crippen molar-refractivity contribution in [3.05, 3.63) is 35.5 Å². The van der Waals surface area contributed by atoms with Gasteiger partial charge in [0.1, 0.15) is 23.4 Å². The lowest BCUT2D eigenvalue weighted by Crippen LogP contribution is -2.51. The number of amides is 3. The van der Waals surface area contributed by atoms with Crippen LogP contribution in [0.25, 0.3) is 10.9 Å². The molecule has 0 saturated heterocycles. The maximum absolute atomic E-state index is 13.6. The molecule has 10 nitrogen and oxygen atoms in total. The zero-order valence-electron chi connectivity index (χ0n) is 20.5. The molecule has 0 bridgehead atoms. The number of esters is 1. The molecular formula is C23H29F3N4O6.